The lowest BCUT2D eigenvalue weighted by molar-refractivity contribution is 0.476. The van der Waals surface area contributed by atoms with Gasteiger partial charge in [-0.1, -0.05) is 19.1 Å². The van der Waals surface area contributed by atoms with Gasteiger partial charge in [0, 0.05) is 38.5 Å². The topological polar surface area (TPSA) is 40.5 Å². The summed E-state index contributed by atoms with van der Waals surface area (Å²) in [6.45, 7) is 5.73. The summed E-state index contributed by atoms with van der Waals surface area (Å²) in [4.78, 5) is 12.3. The maximum absolute atomic E-state index is 13.0. The molecule has 25 heavy (non-hydrogen) atoms. The molecule has 138 valence electrons. The van der Waals surface area contributed by atoms with Crippen molar-refractivity contribution in [1.29, 1.82) is 0 Å². The number of thiazole rings is 1. The number of rotatable bonds is 6. The highest BCUT2D eigenvalue weighted by molar-refractivity contribution is 14.0. The Labute approximate surface area is 170 Å². The minimum Gasteiger partial charge on any atom is -0.356 e. The maximum atomic E-state index is 13.0. The van der Waals surface area contributed by atoms with E-state index in [0.29, 0.717) is 6.54 Å². The van der Waals surface area contributed by atoms with Gasteiger partial charge in [-0.05, 0) is 31.0 Å². The highest BCUT2D eigenvalue weighted by Gasteiger charge is 2.09. The summed E-state index contributed by atoms with van der Waals surface area (Å²) in [6, 6.07) is 6.55. The number of aryl methyl sites for hydroxylation is 2. The van der Waals surface area contributed by atoms with Crippen LogP contribution in [0.4, 0.5) is 4.39 Å². The van der Waals surface area contributed by atoms with Gasteiger partial charge in [0.2, 0.25) is 0 Å². The molecule has 1 heterocycles. The number of benzene rings is 1. The summed E-state index contributed by atoms with van der Waals surface area (Å²) in [6.07, 6.45) is 1.87. The number of guanidine groups is 1. The summed E-state index contributed by atoms with van der Waals surface area (Å²) in [5.41, 5.74) is 2.25. The molecule has 0 saturated carbocycles. The van der Waals surface area contributed by atoms with E-state index in [1.165, 1.54) is 22.7 Å². The minimum absolute atomic E-state index is 0. The summed E-state index contributed by atoms with van der Waals surface area (Å²) in [7, 11) is 3.74. The molecule has 2 aromatic rings. The van der Waals surface area contributed by atoms with E-state index in [9.17, 15) is 4.39 Å². The molecule has 0 bridgehead atoms. The Morgan fingerprint density at radius 3 is 2.56 bits per heavy atom. The fourth-order valence-electron chi connectivity index (χ4n) is 2.53. The van der Waals surface area contributed by atoms with Crippen LogP contribution in [-0.4, -0.2) is 36.5 Å². The second-order valence-electron chi connectivity index (χ2n) is 5.67. The van der Waals surface area contributed by atoms with Gasteiger partial charge in [0.05, 0.1) is 10.7 Å². The van der Waals surface area contributed by atoms with Crippen molar-refractivity contribution in [2.75, 3.05) is 20.6 Å². The van der Waals surface area contributed by atoms with Gasteiger partial charge < -0.3 is 10.2 Å². The van der Waals surface area contributed by atoms with Gasteiger partial charge in [0.15, 0.2) is 5.96 Å². The summed E-state index contributed by atoms with van der Waals surface area (Å²) >= 11 is 1.77. The molecule has 0 saturated heterocycles. The lowest BCUT2D eigenvalue weighted by Gasteiger charge is -2.22. The zero-order valence-corrected chi connectivity index (χ0v) is 18.3. The highest BCUT2D eigenvalue weighted by atomic mass is 127. The zero-order chi connectivity index (χ0) is 17.5. The number of halogens is 2. The summed E-state index contributed by atoms with van der Waals surface area (Å²) in [5, 5.41) is 4.53. The van der Waals surface area contributed by atoms with Gasteiger partial charge >= 0.3 is 0 Å². The fraction of sp³-hybridized carbons (Fsp3) is 0.444. The molecule has 7 heteroatoms. The first-order valence-corrected chi connectivity index (χ1v) is 8.96. The van der Waals surface area contributed by atoms with Crippen molar-refractivity contribution < 1.29 is 4.39 Å². The van der Waals surface area contributed by atoms with E-state index >= 15 is 0 Å². The molecule has 0 spiro atoms. The van der Waals surface area contributed by atoms with Gasteiger partial charge in [-0.3, -0.25) is 4.99 Å². The lowest BCUT2D eigenvalue weighted by atomic mass is 10.2. The van der Waals surface area contributed by atoms with Crippen LogP contribution in [0.1, 0.15) is 28.1 Å². The maximum Gasteiger partial charge on any atom is 0.193 e. The third-order valence-electron chi connectivity index (χ3n) is 3.80. The minimum atomic E-state index is -0.214. The van der Waals surface area contributed by atoms with Crippen molar-refractivity contribution in [2.45, 2.75) is 33.2 Å². The smallest absolute Gasteiger partial charge is 0.193 e. The van der Waals surface area contributed by atoms with E-state index in [2.05, 4.69) is 29.1 Å². The lowest BCUT2D eigenvalue weighted by Crippen LogP contribution is -2.39. The van der Waals surface area contributed by atoms with Crippen LogP contribution in [0.25, 0.3) is 0 Å². The molecular weight excluding hydrogens is 450 g/mol. The van der Waals surface area contributed by atoms with Crippen molar-refractivity contribution in [3.8, 4) is 0 Å². The Bertz CT molecular complexity index is 685. The molecule has 0 fully saturated rings. The molecule has 1 N–H and O–H groups in total. The quantitative estimate of drug-likeness (QED) is 0.389. The molecule has 0 radical (unpaired) electrons. The second-order valence-corrected chi connectivity index (χ2v) is 6.96. The van der Waals surface area contributed by atoms with Crippen molar-refractivity contribution in [3.05, 3.63) is 51.2 Å². The standard InChI is InChI=1S/C18H25FN4S.HI/c1-5-16-13(2)24-17(22-16)10-11-21-18(20-3)23(4)12-14-6-8-15(19)9-7-14;/h6-9H,5,10-12H2,1-4H3,(H,20,21);1H. The number of aromatic nitrogens is 1. The van der Waals surface area contributed by atoms with Gasteiger partial charge in [-0.25, -0.2) is 9.37 Å². The van der Waals surface area contributed by atoms with E-state index < -0.39 is 0 Å². The summed E-state index contributed by atoms with van der Waals surface area (Å²) < 4.78 is 13.0. The first-order chi connectivity index (χ1) is 11.5. The molecule has 0 atom stereocenters. The fourth-order valence-corrected chi connectivity index (χ4v) is 3.55. The zero-order valence-electron chi connectivity index (χ0n) is 15.2. The molecule has 4 nitrogen and oxygen atoms in total. The van der Waals surface area contributed by atoms with Gasteiger partial charge in [0.1, 0.15) is 5.82 Å². The molecular formula is C18H26FIN4S. The molecule has 1 aromatic carbocycles. The van der Waals surface area contributed by atoms with Crippen LogP contribution in [0.3, 0.4) is 0 Å². The van der Waals surface area contributed by atoms with Crippen molar-refractivity contribution in [1.82, 2.24) is 15.2 Å². The van der Waals surface area contributed by atoms with Crippen molar-refractivity contribution in [3.63, 3.8) is 0 Å². The predicted molar refractivity (Wildman–Crippen MR) is 115 cm³/mol. The number of hydrogen-bond donors (Lipinski definition) is 1. The molecule has 0 unspecified atom stereocenters. The third-order valence-corrected chi connectivity index (χ3v) is 4.87. The Morgan fingerprint density at radius 2 is 2.00 bits per heavy atom. The largest absolute Gasteiger partial charge is 0.356 e. The molecule has 1 aromatic heterocycles. The van der Waals surface area contributed by atoms with Crippen LogP contribution < -0.4 is 5.32 Å². The van der Waals surface area contributed by atoms with E-state index in [4.69, 9.17) is 0 Å². The average Bonchev–Trinajstić information content (AvgIpc) is 2.93. The van der Waals surface area contributed by atoms with Crippen LogP contribution in [0.5, 0.6) is 0 Å². The Morgan fingerprint density at radius 1 is 1.32 bits per heavy atom. The molecule has 2 rings (SSSR count). The SMILES string of the molecule is CCc1nc(CCNC(=NC)N(C)Cc2ccc(F)cc2)sc1C.I. The van der Waals surface area contributed by atoms with Gasteiger partial charge in [0.25, 0.3) is 0 Å². The van der Waals surface area contributed by atoms with Crippen LogP contribution in [-0.2, 0) is 19.4 Å². The molecule has 0 aliphatic carbocycles. The number of aliphatic imine (C=N–C) groups is 1. The predicted octanol–water partition coefficient (Wildman–Crippen LogP) is 4.02. The Hall–Kier alpha value is -1.22. The van der Waals surface area contributed by atoms with E-state index in [0.717, 1.165) is 35.9 Å². The monoisotopic (exact) mass is 476 g/mol. The third kappa shape index (κ3) is 6.54. The molecule has 0 amide bonds. The van der Waals surface area contributed by atoms with Crippen LogP contribution in [0.15, 0.2) is 29.3 Å². The first-order valence-electron chi connectivity index (χ1n) is 8.15. The van der Waals surface area contributed by atoms with Crippen LogP contribution in [0, 0.1) is 12.7 Å². The highest BCUT2D eigenvalue weighted by Crippen LogP contribution is 2.18. The van der Waals surface area contributed by atoms with Gasteiger partial charge in [-0.15, -0.1) is 35.3 Å². The summed E-state index contributed by atoms with van der Waals surface area (Å²) in [5.74, 6) is 0.609. The van der Waals surface area contributed by atoms with E-state index in [1.54, 1.807) is 30.5 Å². The molecule has 0 aliphatic rings. The van der Waals surface area contributed by atoms with Crippen molar-refractivity contribution in [2.24, 2.45) is 4.99 Å². The number of nitrogens with zero attached hydrogens (tertiary/aromatic N) is 3. The average molecular weight is 476 g/mol. The van der Waals surface area contributed by atoms with Crippen LogP contribution >= 0.6 is 35.3 Å². The second kappa shape index (κ2) is 10.7. The van der Waals surface area contributed by atoms with Crippen LogP contribution in [0.2, 0.25) is 0 Å². The Kier molecular flexibility index (Phi) is 9.34. The van der Waals surface area contributed by atoms with Gasteiger partial charge in [-0.2, -0.15) is 0 Å². The molecule has 0 aliphatic heterocycles. The number of nitrogens with one attached hydrogen (secondary N) is 1. The van der Waals surface area contributed by atoms with E-state index in [1.807, 2.05) is 11.9 Å². The normalized spacial score (nSPS) is 11.2. The first kappa shape index (κ1) is 21.8. The Balaban J connectivity index is 0.00000312. The van der Waals surface area contributed by atoms with Crippen molar-refractivity contribution >= 4 is 41.3 Å². The van der Waals surface area contributed by atoms with E-state index in [-0.39, 0.29) is 29.8 Å². The number of hydrogen-bond acceptors (Lipinski definition) is 3.